The van der Waals surface area contributed by atoms with Gasteiger partial charge < -0.3 is 15.0 Å². The molecule has 30 heavy (non-hydrogen) atoms. The number of carbonyl (C=O) groups is 2. The van der Waals surface area contributed by atoms with Gasteiger partial charge in [0.1, 0.15) is 5.56 Å². The minimum atomic E-state index is -0.734. The van der Waals surface area contributed by atoms with Crippen molar-refractivity contribution in [3.8, 4) is 5.69 Å². The van der Waals surface area contributed by atoms with Crippen molar-refractivity contribution < 1.29 is 14.3 Å². The van der Waals surface area contributed by atoms with E-state index in [0.717, 1.165) is 21.9 Å². The van der Waals surface area contributed by atoms with Crippen LogP contribution in [0, 0.1) is 13.8 Å². The molecule has 0 radical (unpaired) electrons. The van der Waals surface area contributed by atoms with Crippen molar-refractivity contribution in [1.82, 2.24) is 9.55 Å². The molecule has 8 heteroatoms. The number of H-pyrrole nitrogens is 1. The van der Waals surface area contributed by atoms with Gasteiger partial charge in [-0.05, 0) is 68.3 Å². The van der Waals surface area contributed by atoms with Gasteiger partial charge in [-0.25, -0.2) is 14.2 Å². The summed E-state index contributed by atoms with van der Waals surface area (Å²) in [5.74, 6) is -1.15. The van der Waals surface area contributed by atoms with Crippen LogP contribution < -0.4 is 16.6 Å². The van der Waals surface area contributed by atoms with Gasteiger partial charge in [-0.3, -0.25) is 9.59 Å². The number of anilines is 1. The summed E-state index contributed by atoms with van der Waals surface area (Å²) in [6.45, 7) is 5.76. The van der Waals surface area contributed by atoms with Gasteiger partial charge in [-0.2, -0.15) is 0 Å². The van der Waals surface area contributed by atoms with E-state index in [0.29, 0.717) is 16.9 Å². The Balaban J connectivity index is 1.90. The van der Waals surface area contributed by atoms with Crippen molar-refractivity contribution in [2.75, 3.05) is 11.9 Å². The first-order chi connectivity index (χ1) is 14.3. The lowest BCUT2D eigenvalue weighted by atomic mass is 10.1. The van der Waals surface area contributed by atoms with Crippen LogP contribution in [0.5, 0.6) is 0 Å². The minimum absolute atomic E-state index is 0.220. The van der Waals surface area contributed by atoms with Crippen LogP contribution in [-0.2, 0) is 4.74 Å². The SMILES string of the molecule is CCOC(=O)c1ccc(NC(=O)c2c[nH]c(=O)n(-c3ccc(C)c(C)c3)c2=O)cc1. The fourth-order valence-electron chi connectivity index (χ4n) is 2.84. The van der Waals surface area contributed by atoms with Gasteiger partial charge in [-0.15, -0.1) is 0 Å². The van der Waals surface area contributed by atoms with Gasteiger partial charge in [0.15, 0.2) is 0 Å². The molecule has 2 N–H and O–H groups in total. The Bertz CT molecular complexity index is 1220. The number of aromatic amines is 1. The monoisotopic (exact) mass is 407 g/mol. The Morgan fingerprint density at radius 3 is 2.37 bits per heavy atom. The molecular formula is C22H21N3O5. The molecule has 0 bridgehead atoms. The first kappa shape index (κ1) is 20.8. The van der Waals surface area contributed by atoms with E-state index < -0.39 is 23.1 Å². The first-order valence-corrected chi connectivity index (χ1v) is 9.32. The second-order valence-corrected chi connectivity index (χ2v) is 6.67. The van der Waals surface area contributed by atoms with E-state index in [9.17, 15) is 19.2 Å². The molecule has 0 fully saturated rings. The van der Waals surface area contributed by atoms with E-state index in [1.165, 1.54) is 24.3 Å². The zero-order chi connectivity index (χ0) is 21.8. The fourth-order valence-corrected chi connectivity index (χ4v) is 2.84. The van der Waals surface area contributed by atoms with Gasteiger partial charge in [0, 0.05) is 11.9 Å². The Morgan fingerprint density at radius 1 is 1.03 bits per heavy atom. The van der Waals surface area contributed by atoms with Crippen molar-refractivity contribution in [3.05, 3.63) is 91.8 Å². The first-order valence-electron chi connectivity index (χ1n) is 9.32. The standard InChI is InChI=1S/C22H21N3O5/c1-4-30-21(28)15-6-8-16(9-7-15)24-19(26)18-12-23-22(29)25(20(18)27)17-10-5-13(2)14(3)11-17/h5-12H,4H2,1-3H3,(H,23,29)(H,24,26). The van der Waals surface area contributed by atoms with Crippen molar-refractivity contribution in [1.29, 1.82) is 0 Å². The maximum absolute atomic E-state index is 12.9. The summed E-state index contributed by atoms with van der Waals surface area (Å²) < 4.78 is 5.83. The maximum Gasteiger partial charge on any atom is 0.338 e. The molecule has 0 aliphatic rings. The van der Waals surface area contributed by atoms with Gasteiger partial charge >= 0.3 is 11.7 Å². The lowest BCUT2D eigenvalue weighted by Crippen LogP contribution is -2.38. The number of benzene rings is 2. The summed E-state index contributed by atoms with van der Waals surface area (Å²) in [5, 5.41) is 2.59. The molecule has 0 saturated carbocycles. The molecule has 0 aliphatic carbocycles. The summed E-state index contributed by atoms with van der Waals surface area (Å²) in [6.07, 6.45) is 1.09. The molecule has 0 atom stereocenters. The quantitative estimate of drug-likeness (QED) is 0.632. The number of nitrogens with zero attached hydrogens (tertiary/aromatic N) is 1. The summed E-state index contributed by atoms with van der Waals surface area (Å²) in [5.41, 5.74) is 1.44. The number of amides is 1. The molecule has 1 heterocycles. The van der Waals surface area contributed by atoms with E-state index in [1.807, 2.05) is 13.8 Å². The van der Waals surface area contributed by atoms with Crippen LogP contribution >= 0.6 is 0 Å². The number of carbonyl (C=O) groups excluding carboxylic acids is 2. The molecule has 0 unspecified atom stereocenters. The van der Waals surface area contributed by atoms with Crippen LogP contribution in [-0.4, -0.2) is 28.0 Å². The Hall–Kier alpha value is -3.94. The largest absolute Gasteiger partial charge is 0.462 e. The zero-order valence-electron chi connectivity index (χ0n) is 16.8. The molecular weight excluding hydrogens is 386 g/mol. The number of aryl methyl sites for hydroxylation is 2. The molecule has 154 valence electrons. The molecule has 0 spiro atoms. The highest BCUT2D eigenvalue weighted by molar-refractivity contribution is 6.04. The van der Waals surface area contributed by atoms with Crippen molar-refractivity contribution in [2.45, 2.75) is 20.8 Å². The van der Waals surface area contributed by atoms with Crippen molar-refractivity contribution in [3.63, 3.8) is 0 Å². The molecule has 3 rings (SSSR count). The van der Waals surface area contributed by atoms with Crippen LogP contribution in [0.4, 0.5) is 5.69 Å². The molecule has 0 saturated heterocycles. The topological polar surface area (TPSA) is 110 Å². The third-order valence-corrected chi connectivity index (χ3v) is 4.62. The maximum atomic E-state index is 12.9. The highest BCUT2D eigenvalue weighted by atomic mass is 16.5. The van der Waals surface area contributed by atoms with Crippen molar-refractivity contribution >= 4 is 17.6 Å². The highest BCUT2D eigenvalue weighted by Gasteiger charge is 2.17. The van der Waals surface area contributed by atoms with Crippen molar-refractivity contribution in [2.24, 2.45) is 0 Å². The molecule has 0 aliphatic heterocycles. The summed E-state index contributed by atoms with van der Waals surface area (Å²) >= 11 is 0. The van der Waals surface area contributed by atoms with Gasteiger partial charge in [-0.1, -0.05) is 6.07 Å². The van der Waals surface area contributed by atoms with Crippen LogP contribution in [0.2, 0.25) is 0 Å². The molecule has 3 aromatic rings. The second-order valence-electron chi connectivity index (χ2n) is 6.67. The third-order valence-electron chi connectivity index (χ3n) is 4.62. The summed E-state index contributed by atoms with van der Waals surface area (Å²) in [7, 11) is 0. The van der Waals surface area contributed by atoms with Gasteiger partial charge in [0.05, 0.1) is 17.9 Å². The van der Waals surface area contributed by atoms with E-state index in [1.54, 1.807) is 25.1 Å². The smallest absolute Gasteiger partial charge is 0.338 e. The van der Waals surface area contributed by atoms with E-state index >= 15 is 0 Å². The number of hydrogen-bond donors (Lipinski definition) is 2. The Kier molecular flexibility index (Phi) is 5.96. The number of nitrogens with one attached hydrogen (secondary N) is 2. The summed E-state index contributed by atoms with van der Waals surface area (Å²) in [6, 6.07) is 11.2. The lowest BCUT2D eigenvalue weighted by molar-refractivity contribution is 0.0526. The third kappa shape index (κ3) is 4.22. The number of hydrogen-bond acceptors (Lipinski definition) is 5. The summed E-state index contributed by atoms with van der Waals surface area (Å²) in [4.78, 5) is 51.9. The van der Waals surface area contributed by atoms with Crippen LogP contribution in [0.25, 0.3) is 5.69 Å². The predicted octanol–water partition coefficient (Wildman–Crippen LogP) is 2.57. The number of esters is 1. The van der Waals surface area contributed by atoms with E-state index in [2.05, 4.69) is 10.3 Å². The van der Waals surface area contributed by atoms with E-state index in [4.69, 9.17) is 4.74 Å². The van der Waals surface area contributed by atoms with Crippen LogP contribution in [0.1, 0.15) is 38.8 Å². The van der Waals surface area contributed by atoms with Gasteiger partial charge in [0.2, 0.25) is 0 Å². The minimum Gasteiger partial charge on any atom is -0.462 e. The average molecular weight is 407 g/mol. The molecule has 2 aromatic carbocycles. The highest BCUT2D eigenvalue weighted by Crippen LogP contribution is 2.13. The predicted molar refractivity (Wildman–Crippen MR) is 112 cm³/mol. The zero-order valence-corrected chi connectivity index (χ0v) is 16.8. The molecule has 1 aromatic heterocycles. The second kappa shape index (κ2) is 8.60. The normalized spacial score (nSPS) is 10.5. The Labute approximate surface area is 172 Å². The lowest BCUT2D eigenvalue weighted by Gasteiger charge is -2.10. The molecule has 1 amide bonds. The molecule has 8 nitrogen and oxygen atoms in total. The number of ether oxygens (including phenoxy) is 1. The van der Waals surface area contributed by atoms with Crippen LogP contribution in [0.3, 0.4) is 0 Å². The fraction of sp³-hybridized carbons (Fsp3) is 0.182. The van der Waals surface area contributed by atoms with E-state index in [-0.39, 0.29) is 12.2 Å². The number of rotatable bonds is 5. The van der Waals surface area contributed by atoms with Gasteiger partial charge in [0.25, 0.3) is 11.5 Å². The number of aromatic nitrogens is 2. The van der Waals surface area contributed by atoms with Crippen LogP contribution in [0.15, 0.2) is 58.3 Å². The Morgan fingerprint density at radius 2 is 1.73 bits per heavy atom. The average Bonchev–Trinajstić information content (AvgIpc) is 2.71.